The molecule has 0 saturated carbocycles. The number of H-pyrrole nitrogens is 1. The van der Waals surface area contributed by atoms with Gasteiger partial charge in [0.1, 0.15) is 11.4 Å². The molecule has 0 aliphatic carbocycles. The quantitative estimate of drug-likeness (QED) is 0.751. The lowest BCUT2D eigenvalue weighted by Crippen LogP contribution is -2.21. The molecule has 2 aromatic heterocycles. The van der Waals surface area contributed by atoms with Gasteiger partial charge < -0.3 is 15.4 Å². The van der Waals surface area contributed by atoms with E-state index in [0.717, 1.165) is 0 Å². The van der Waals surface area contributed by atoms with Crippen molar-refractivity contribution in [3.05, 3.63) is 58.1 Å². The number of carbonyl (C=O) groups excluding carboxylic acids is 1. The minimum Gasteiger partial charge on any atom is -0.477 e. The second kappa shape index (κ2) is 5.13. The van der Waals surface area contributed by atoms with Crippen molar-refractivity contribution in [2.24, 2.45) is 0 Å². The van der Waals surface area contributed by atoms with Crippen LogP contribution in [0.25, 0.3) is 0 Å². The van der Waals surface area contributed by atoms with Crippen LogP contribution in [0.1, 0.15) is 20.8 Å². The number of nitrogens with one attached hydrogen (secondary N) is 2. The Bertz CT molecular complexity index is 693. The molecule has 96 valence electrons. The van der Waals surface area contributed by atoms with Gasteiger partial charge in [-0.05, 0) is 12.1 Å². The van der Waals surface area contributed by atoms with Crippen molar-refractivity contribution in [2.75, 3.05) is 5.32 Å². The van der Waals surface area contributed by atoms with Gasteiger partial charge in [-0.25, -0.2) is 9.78 Å². The molecule has 2 aromatic rings. The molecule has 0 aromatic carbocycles. The molecule has 0 atom stereocenters. The van der Waals surface area contributed by atoms with Crippen LogP contribution in [0.3, 0.4) is 0 Å². The van der Waals surface area contributed by atoms with Crippen molar-refractivity contribution in [1.82, 2.24) is 9.97 Å². The van der Waals surface area contributed by atoms with Crippen LogP contribution in [0.2, 0.25) is 0 Å². The molecule has 0 unspecified atom stereocenters. The van der Waals surface area contributed by atoms with Crippen LogP contribution in [0.4, 0.5) is 5.82 Å². The molecule has 7 nitrogen and oxygen atoms in total. The Morgan fingerprint density at radius 3 is 2.74 bits per heavy atom. The van der Waals surface area contributed by atoms with Crippen LogP contribution in [0, 0.1) is 0 Å². The average molecular weight is 259 g/mol. The fraction of sp³-hybridized carbons (Fsp3) is 0. The zero-order chi connectivity index (χ0) is 13.8. The van der Waals surface area contributed by atoms with Gasteiger partial charge in [0, 0.05) is 18.5 Å². The van der Waals surface area contributed by atoms with Crippen molar-refractivity contribution in [1.29, 1.82) is 0 Å². The summed E-state index contributed by atoms with van der Waals surface area (Å²) in [5, 5.41) is 11.1. The summed E-state index contributed by atoms with van der Waals surface area (Å²) in [7, 11) is 0. The number of carbonyl (C=O) groups is 2. The number of aromatic nitrogens is 2. The van der Waals surface area contributed by atoms with E-state index >= 15 is 0 Å². The lowest BCUT2D eigenvalue weighted by Gasteiger charge is -2.04. The highest BCUT2D eigenvalue weighted by atomic mass is 16.4. The average Bonchev–Trinajstić information content (AvgIpc) is 2.39. The van der Waals surface area contributed by atoms with Gasteiger partial charge in [0.15, 0.2) is 11.1 Å². The molecule has 0 fully saturated rings. The van der Waals surface area contributed by atoms with E-state index < -0.39 is 17.3 Å². The summed E-state index contributed by atoms with van der Waals surface area (Å²) in [5.41, 5.74) is -0.713. The van der Waals surface area contributed by atoms with Gasteiger partial charge in [-0.1, -0.05) is 6.07 Å². The number of carboxylic acids is 1. The molecule has 7 heteroatoms. The number of rotatable bonds is 3. The first kappa shape index (κ1) is 12.5. The van der Waals surface area contributed by atoms with Gasteiger partial charge in [0.05, 0.1) is 0 Å². The zero-order valence-electron chi connectivity index (χ0n) is 9.58. The molecule has 0 saturated heterocycles. The lowest BCUT2D eigenvalue weighted by atomic mass is 10.2. The van der Waals surface area contributed by atoms with Gasteiger partial charge in [-0.3, -0.25) is 9.59 Å². The first-order chi connectivity index (χ1) is 9.08. The van der Waals surface area contributed by atoms with E-state index in [4.69, 9.17) is 5.11 Å². The molecule has 0 radical (unpaired) electrons. The van der Waals surface area contributed by atoms with E-state index in [1.165, 1.54) is 36.7 Å². The number of hydrogen-bond acceptors (Lipinski definition) is 4. The van der Waals surface area contributed by atoms with E-state index in [1.54, 1.807) is 0 Å². The minimum absolute atomic E-state index is 0.0631. The van der Waals surface area contributed by atoms with Crippen molar-refractivity contribution in [3.8, 4) is 0 Å². The number of hydrogen-bond donors (Lipinski definition) is 3. The maximum absolute atomic E-state index is 11.8. The first-order valence-electron chi connectivity index (χ1n) is 5.27. The van der Waals surface area contributed by atoms with Gasteiger partial charge in [-0.15, -0.1) is 0 Å². The van der Waals surface area contributed by atoms with Crippen LogP contribution >= 0.6 is 0 Å². The number of amides is 1. The summed E-state index contributed by atoms with van der Waals surface area (Å²) >= 11 is 0. The van der Waals surface area contributed by atoms with E-state index in [-0.39, 0.29) is 17.1 Å². The smallest absolute Gasteiger partial charge is 0.354 e. The minimum atomic E-state index is -1.20. The van der Waals surface area contributed by atoms with Crippen LogP contribution in [-0.4, -0.2) is 27.0 Å². The maximum Gasteiger partial charge on any atom is 0.354 e. The number of anilines is 1. The molecule has 1 amide bonds. The van der Waals surface area contributed by atoms with Gasteiger partial charge >= 0.3 is 5.97 Å². The summed E-state index contributed by atoms with van der Waals surface area (Å²) in [6.45, 7) is 0. The highest BCUT2D eigenvalue weighted by Gasteiger charge is 2.11. The highest BCUT2D eigenvalue weighted by molar-refractivity contribution is 6.03. The molecule has 0 aliphatic rings. The van der Waals surface area contributed by atoms with E-state index in [9.17, 15) is 14.4 Å². The molecule has 0 bridgehead atoms. The molecule has 0 aliphatic heterocycles. The third-order valence-corrected chi connectivity index (χ3v) is 2.28. The predicted octanol–water partition coefficient (Wildman–Crippen LogP) is 0.720. The second-order valence-electron chi connectivity index (χ2n) is 3.59. The second-order valence-corrected chi connectivity index (χ2v) is 3.59. The van der Waals surface area contributed by atoms with Crippen LogP contribution in [0.15, 0.2) is 41.5 Å². The van der Waals surface area contributed by atoms with Crippen molar-refractivity contribution in [2.45, 2.75) is 0 Å². The largest absolute Gasteiger partial charge is 0.477 e. The molecule has 19 heavy (non-hydrogen) atoms. The van der Waals surface area contributed by atoms with Gasteiger partial charge in [-0.2, -0.15) is 0 Å². The number of carboxylic acid groups (broad SMARTS) is 1. The van der Waals surface area contributed by atoms with Crippen LogP contribution in [-0.2, 0) is 0 Å². The Morgan fingerprint density at radius 1 is 1.26 bits per heavy atom. The number of aromatic carboxylic acids is 1. The Labute approximate surface area is 106 Å². The predicted molar refractivity (Wildman–Crippen MR) is 66.2 cm³/mol. The summed E-state index contributed by atoms with van der Waals surface area (Å²) < 4.78 is 0. The van der Waals surface area contributed by atoms with E-state index in [2.05, 4.69) is 15.3 Å². The topological polar surface area (TPSA) is 112 Å². The SMILES string of the molecule is O=C(O)c1cccc(NC(=O)c2c[nH]ccc2=O)n1. The monoisotopic (exact) mass is 259 g/mol. The Hall–Kier alpha value is -2.96. The normalized spacial score (nSPS) is 9.89. The fourth-order valence-electron chi connectivity index (χ4n) is 1.40. The standard InChI is InChI=1S/C12H9N3O4/c16-9-4-5-13-6-7(9)11(17)15-10-3-1-2-8(14-10)12(18)19/h1-6H,(H,13,16)(H,18,19)(H,14,15,17). The van der Waals surface area contributed by atoms with Gasteiger partial charge in [0.25, 0.3) is 5.91 Å². The third-order valence-electron chi connectivity index (χ3n) is 2.28. The summed E-state index contributed by atoms with van der Waals surface area (Å²) in [6.07, 6.45) is 2.67. The Morgan fingerprint density at radius 2 is 2.05 bits per heavy atom. The Kier molecular flexibility index (Phi) is 3.37. The maximum atomic E-state index is 11.8. The third kappa shape index (κ3) is 2.83. The van der Waals surface area contributed by atoms with Crippen LogP contribution in [0.5, 0.6) is 0 Å². The van der Waals surface area contributed by atoms with Crippen molar-refractivity contribution in [3.63, 3.8) is 0 Å². The lowest BCUT2D eigenvalue weighted by molar-refractivity contribution is 0.0690. The molecule has 2 heterocycles. The number of pyridine rings is 2. The van der Waals surface area contributed by atoms with E-state index in [0.29, 0.717) is 0 Å². The highest BCUT2D eigenvalue weighted by Crippen LogP contribution is 2.06. The molecular formula is C12H9N3O4. The molecule has 0 spiro atoms. The fourth-order valence-corrected chi connectivity index (χ4v) is 1.40. The van der Waals surface area contributed by atoms with Gasteiger partial charge in [0.2, 0.25) is 0 Å². The summed E-state index contributed by atoms with van der Waals surface area (Å²) in [4.78, 5) is 40.3. The summed E-state index contributed by atoms with van der Waals surface area (Å²) in [5.74, 6) is -1.79. The summed E-state index contributed by atoms with van der Waals surface area (Å²) in [6, 6.07) is 5.39. The zero-order valence-corrected chi connectivity index (χ0v) is 9.58. The van der Waals surface area contributed by atoms with Crippen LogP contribution < -0.4 is 10.7 Å². The number of aromatic amines is 1. The number of nitrogens with zero attached hydrogens (tertiary/aromatic N) is 1. The molecule has 2 rings (SSSR count). The van der Waals surface area contributed by atoms with Crippen molar-refractivity contribution < 1.29 is 14.7 Å². The molecule has 3 N–H and O–H groups in total. The first-order valence-corrected chi connectivity index (χ1v) is 5.27. The molecular weight excluding hydrogens is 250 g/mol. The van der Waals surface area contributed by atoms with E-state index in [1.807, 2.05) is 0 Å². The van der Waals surface area contributed by atoms with Crippen molar-refractivity contribution >= 4 is 17.7 Å². The Balaban J connectivity index is 2.25.